The van der Waals surface area contributed by atoms with Crippen LogP contribution in [0.1, 0.15) is 46.5 Å². The molecule has 1 unspecified atom stereocenters. The largest absolute Gasteiger partial charge is 0.481 e. The van der Waals surface area contributed by atoms with E-state index in [2.05, 4.69) is 48.1 Å². The Morgan fingerprint density at radius 3 is 2.15 bits per heavy atom. The second-order valence-corrected chi connectivity index (χ2v) is 9.64. The van der Waals surface area contributed by atoms with Crippen LogP contribution in [0.15, 0.2) is 60.8 Å². The van der Waals surface area contributed by atoms with Gasteiger partial charge in [0.2, 0.25) is 0 Å². The minimum Gasteiger partial charge on any atom is -0.481 e. The lowest BCUT2D eigenvalue weighted by Crippen LogP contribution is -2.42. The van der Waals surface area contributed by atoms with E-state index in [0.717, 1.165) is 54.1 Å². The minimum atomic E-state index is -2.74. The molecule has 41 heavy (non-hydrogen) atoms. The van der Waals surface area contributed by atoms with Crippen LogP contribution >= 0.6 is 0 Å². The number of aliphatic hydroxyl groups is 1. The summed E-state index contributed by atoms with van der Waals surface area (Å²) in [5.74, 6) is -3.39. The van der Waals surface area contributed by atoms with Crippen LogP contribution < -0.4 is 10.1 Å². The van der Waals surface area contributed by atoms with Crippen molar-refractivity contribution in [2.45, 2.75) is 58.1 Å². The number of para-hydroxylation sites is 1. The monoisotopic (exact) mass is 569 g/mol. The molecule has 1 heterocycles. The van der Waals surface area contributed by atoms with Crippen molar-refractivity contribution in [2.75, 3.05) is 25.0 Å². The molecule has 0 saturated carbocycles. The van der Waals surface area contributed by atoms with Crippen LogP contribution in [-0.2, 0) is 14.4 Å². The Morgan fingerprint density at radius 1 is 0.951 bits per heavy atom. The molecule has 11 heteroatoms. The normalized spacial score (nSPS) is 11.8. The number of carbonyl (C=O) groups is 3. The molecular weight excluding hydrogens is 530 g/mol. The number of carboxylic acid groups (broad SMARTS) is 3. The summed E-state index contributed by atoms with van der Waals surface area (Å²) in [4.78, 5) is 37.5. The molecule has 0 amide bonds. The molecule has 0 bridgehead atoms. The highest BCUT2D eigenvalue weighted by atomic mass is 16.5. The van der Waals surface area contributed by atoms with Gasteiger partial charge in [-0.25, -0.2) is 4.79 Å². The van der Waals surface area contributed by atoms with E-state index in [0.29, 0.717) is 6.04 Å². The molecule has 0 fully saturated rings. The number of rotatable bonds is 15. The molecular formula is C30H39N3O8. The zero-order chi connectivity index (χ0) is 30.4. The second-order valence-electron chi connectivity index (χ2n) is 9.64. The first-order valence-electron chi connectivity index (χ1n) is 13.5. The van der Waals surface area contributed by atoms with Gasteiger partial charge in [-0.05, 0) is 69.7 Å². The van der Waals surface area contributed by atoms with Gasteiger partial charge in [0.25, 0.3) is 0 Å². The van der Waals surface area contributed by atoms with Crippen LogP contribution in [0.2, 0.25) is 0 Å². The summed E-state index contributed by atoms with van der Waals surface area (Å²) in [6.45, 7) is 10.1. The highest BCUT2D eigenvalue weighted by Gasteiger charge is 2.40. The van der Waals surface area contributed by atoms with Gasteiger partial charge in [-0.15, -0.1) is 0 Å². The fraction of sp³-hybridized carbons (Fsp3) is 0.400. The lowest BCUT2D eigenvalue weighted by atomic mass is 9.96. The number of carboxylic acids is 3. The van der Waals surface area contributed by atoms with Crippen LogP contribution in [0, 0.1) is 0 Å². The van der Waals surface area contributed by atoms with Gasteiger partial charge in [-0.3, -0.25) is 14.6 Å². The van der Waals surface area contributed by atoms with Crippen molar-refractivity contribution in [3.8, 4) is 11.5 Å². The molecule has 0 aliphatic carbocycles. The molecule has 0 radical (unpaired) electrons. The van der Waals surface area contributed by atoms with Crippen LogP contribution in [0.3, 0.4) is 0 Å². The first-order chi connectivity index (χ1) is 19.5. The van der Waals surface area contributed by atoms with Crippen molar-refractivity contribution in [2.24, 2.45) is 0 Å². The summed E-state index contributed by atoms with van der Waals surface area (Å²) in [7, 11) is 0. The summed E-state index contributed by atoms with van der Waals surface area (Å²) >= 11 is 0. The number of aliphatic carboxylic acids is 3. The van der Waals surface area contributed by atoms with Crippen LogP contribution in [0.5, 0.6) is 11.5 Å². The number of nitrogens with one attached hydrogen (secondary N) is 1. The van der Waals surface area contributed by atoms with Gasteiger partial charge in [0.15, 0.2) is 5.60 Å². The molecule has 1 atom stereocenters. The zero-order valence-corrected chi connectivity index (χ0v) is 23.6. The number of benzene rings is 2. The molecule has 3 rings (SSSR count). The van der Waals surface area contributed by atoms with Crippen molar-refractivity contribution in [3.63, 3.8) is 0 Å². The predicted molar refractivity (Wildman–Crippen MR) is 155 cm³/mol. The van der Waals surface area contributed by atoms with Gasteiger partial charge >= 0.3 is 17.9 Å². The van der Waals surface area contributed by atoms with Crippen molar-refractivity contribution in [3.05, 3.63) is 60.8 Å². The first kappa shape index (κ1) is 33.0. The van der Waals surface area contributed by atoms with Crippen LogP contribution in [-0.4, -0.2) is 79.5 Å². The van der Waals surface area contributed by atoms with Gasteiger partial charge in [0, 0.05) is 29.4 Å². The van der Waals surface area contributed by atoms with Crippen molar-refractivity contribution >= 4 is 34.5 Å². The summed E-state index contributed by atoms with van der Waals surface area (Å²) in [5.41, 5.74) is -0.669. The lowest BCUT2D eigenvalue weighted by molar-refractivity contribution is -0.170. The first-order valence-corrected chi connectivity index (χ1v) is 13.5. The second kappa shape index (κ2) is 16.1. The molecule has 3 aromatic rings. The number of hydrogen-bond donors (Lipinski definition) is 5. The Balaban J connectivity index is 0.000000383. The number of anilines is 1. The van der Waals surface area contributed by atoms with Crippen molar-refractivity contribution in [1.29, 1.82) is 0 Å². The minimum absolute atomic E-state index is 0.418. The van der Waals surface area contributed by atoms with E-state index in [4.69, 9.17) is 25.2 Å². The Morgan fingerprint density at radius 2 is 1.59 bits per heavy atom. The molecule has 0 saturated heterocycles. The molecule has 0 spiro atoms. The predicted octanol–water partition coefficient (Wildman–Crippen LogP) is 4.70. The molecule has 0 aliphatic rings. The number of ether oxygens (including phenoxy) is 1. The number of pyridine rings is 1. The van der Waals surface area contributed by atoms with Crippen LogP contribution in [0.4, 0.5) is 5.69 Å². The van der Waals surface area contributed by atoms with Crippen molar-refractivity contribution in [1.82, 2.24) is 9.88 Å². The molecule has 222 valence electrons. The standard InChI is InChI=1S/C24H31N3O.C6H8O7/c1-4-27(5-2)17-9-10-19(3)26-23-15-16-25-24-18-21(13-14-22(23)24)28-20-11-7-6-8-12-20;7-3(8)1-6(13,5(11)12)2-4(9)10/h6-8,11-16,18-19H,4-5,9-10,17H2,1-3H3,(H,25,26);13H,1-2H2,(H,7,8)(H,9,10)(H,11,12). The smallest absolute Gasteiger partial charge is 0.336 e. The highest BCUT2D eigenvalue weighted by Crippen LogP contribution is 2.29. The maximum atomic E-state index is 10.3. The van der Waals surface area contributed by atoms with Gasteiger partial charge in [0.05, 0.1) is 18.4 Å². The lowest BCUT2D eigenvalue weighted by Gasteiger charge is -2.21. The quantitative estimate of drug-likeness (QED) is 0.172. The molecule has 0 aliphatic heterocycles. The molecule has 11 nitrogen and oxygen atoms in total. The number of aromatic nitrogens is 1. The van der Waals surface area contributed by atoms with E-state index in [1.165, 1.54) is 6.42 Å². The maximum absolute atomic E-state index is 10.3. The topological polar surface area (TPSA) is 170 Å². The van der Waals surface area contributed by atoms with Crippen LogP contribution in [0.25, 0.3) is 10.9 Å². The number of hydrogen-bond acceptors (Lipinski definition) is 8. The van der Waals surface area contributed by atoms with Gasteiger partial charge in [-0.2, -0.15) is 0 Å². The van der Waals surface area contributed by atoms with E-state index in [1.54, 1.807) is 0 Å². The van der Waals surface area contributed by atoms with Gasteiger partial charge in [0.1, 0.15) is 11.5 Å². The fourth-order valence-electron chi connectivity index (χ4n) is 4.15. The summed E-state index contributed by atoms with van der Waals surface area (Å²) in [5, 5.41) is 38.6. The number of nitrogens with zero attached hydrogens (tertiary/aromatic N) is 2. The Labute approximate surface area is 239 Å². The van der Waals surface area contributed by atoms with E-state index in [1.807, 2.05) is 48.7 Å². The Kier molecular flexibility index (Phi) is 13.0. The third kappa shape index (κ3) is 11.1. The molecule has 1 aromatic heterocycles. The number of fused-ring (bicyclic) bond motifs is 1. The zero-order valence-electron chi connectivity index (χ0n) is 23.6. The maximum Gasteiger partial charge on any atom is 0.336 e. The average molecular weight is 570 g/mol. The van der Waals surface area contributed by atoms with E-state index in [-0.39, 0.29) is 0 Å². The van der Waals surface area contributed by atoms with Gasteiger partial charge in [-0.1, -0.05) is 32.0 Å². The SMILES string of the molecule is CCN(CC)CCCC(C)Nc1ccnc2cc(Oc3ccccc3)ccc12.O=C(O)CC(O)(CC(=O)O)C(=O)O. The van der Waals surface area contributed by atoms with Crippen molar-refractivity contribution < 1.29 is 39.5 Å². The highest BCUT2D eigenvalue weighted by molar-refractivity contribution is 5.92. The molecule has 5 N–H and O–H groups in total. The Bertz CT molecular complexity index is 1270. The fourth-order valence-corrected chi connectivity index (χ4v) is 4.15. The Hall–Kier alpha value is -4.22. The summed E-state index contributed by atoms with van der Waals surface area (Å²) < 4.78 is 5.94. The van der Waals surface area contributed by atoms with E-state index in [9.17, 15) is 14.4 Å². The van der Waals surface area contributed by atoms with E-state index < -0.39 is 36.4 Å². The third-order valence-corrected chi connectivity index (χ3v) is 6.39. The van der Waals surface area contributed by atoms with Gasteiger partial charge < -0.3 is 35.4 Å². The summed E-state index contributed by atoms with van der Waals surface area (Å²) in [6.07, 6.45) is 1.92. The average Bonchev–Trinajstić information content (AvgIpc) is 2.91. The molecule has 2 aromatic carbocycles. The van der Waals surface area contributed by atoms with E-state index >= 15 is 0 Å². The third-order valence-electron chi connectivity index (χ3n) is 6.39. The summed E-state index contributed by atoms with van der Waals surface area (Å²) in [6, 6.07) is 18.4.